The maximum Gasteiger partial charge on any atom is 0.407 e. The van der Waals surface area contributed by atoms with Gasteiger partial charge in [-0.3, -0.25) is 9.59 Å². The van der Waals surface area contributed by atoms with Gasteiger partial charge in [-0.05, 0) is 63.3 Å². The number of aliphatic hydroxyl groups excluding tert-OH is 2. The van der Waals surface area contributed by atoms with Crippen molar-refractivity contribution in [2.75, 3.05) is 13.2 Å². The Hall–Kier alpha value is -4.09. The molecule has 1 amide bonds. The molecular formula is C42H59NO15. The van der Waals surface area contributed by atoms with Crippen LogP contribution in [0.2, 0.25) is 0 Å². The quantitative estimate of drug-likeness (QED) is 0.143. The van der Waals surface area contributed by atoms with Gasteiger partial charge in [0.25, 0.3) is 0 Å². The smallest absolute Gasteiger partial charge is 0.407 e. The van der Waals surface area contributed by atoms with Crippen molar-refractivity contribution in [1.82, 2.24) is 5.32 Å². The minimum absolute atomic E-state index is 0.0510. The first-order chi connectivity index (χ1) is 26.8. The number of carbonyl (C=O) groups is 5. The number of carbonyl (C=O) groups excluding carboxylic acids is 5. The van der Waals surface area contributed by atoms with Crippen molar-refractivity contribution in [1.29, 1.82) is 0 Å². The summed E-state index contributed by atoms with van der Waals surface area (Å²) in [6.07, 6.45) is -9.09. The monoisotopic (exact) mass is 817 g/mol. The highest BCUT2D eigenvalue weighted by molar-refractivity contribution is 5.89. The summed E-state index contributed by atoms with van der Waals surface area (Å²) in [4.78, 5) is 65.8. The molecule has 16 nitrogen and oxygen atoms in total. The number of fused-ring (bicyclic) bond motifs is 6. The lowest BCUT2D eigenvalue weighted by atomic mass is 9.45. The van der Waals surface area contributed by atoms with Crippen LogP contribution in [0.3, 0.4) is 0 Å². The molecule has 3 heterocycles. The highest BCUT2D eigenvalue weighted by Crippen LogP contribution is 2.68. The van der Waals surface area contributed by atoms with Crippen LogP contribution in [0.1, 0.15) is 99.4 Å². The first-order valence-corrected chi connectivity index (χ1v) is 19.7. The van der Waals surface area contributed by atoms with Gasteiger partial charge in [-0.2, -0.15) is 0 Å². The third kappa shape index (κ3) is 8.10. The SMILES string of the molecule is CC(=O)O[C@@H]1/C(=C(\C)COC(=O)[C@H](O)[C@H](CC(C)C)NC(=O)OC(C)(C)C)C(C)(C)[C@@H]2O[C@@]1(O)[C@@]1(C)[C@H]([C@@H]2OC(=O)c2ccccc2)[C@]2(OC(C)=O)CO[C@@H]2C[C@@H]1O. The maximum absolute atomic E-state index is 13.9. The number of hydrogen-bond donors (Lipinski definition) is 4. The number of ether oxygens (including phenoxy) is 7. The Kier molecular flexibility index (Phi) is 12.5. The van der Waals surface area contributed by atoms with E-state index in [-0.39, 0.29) is 42.1 Å². The number of alkyl carbamates (subject to hydrolysis) is 1. The molecule has 0 spiro atoms. The topological polar surface area (TPSA) is 223 Å². The summed E-state index contributed by atoms with van der Waals surface area (Å²) in [5.74, 6) is -7.10. The van der Waals surface area contributed by atoms with Gasteiger partial charge in [-0.25, -0.2) is 14.4 Å². The van der Waals surface area contributed by atoms with Crippen molar-refractivity contribution in [2.24, 2.45) is 22.7 Å². The number of benzene rings is 1. The molecule has 4 aliphatic rings. The normalized spacial score (nSPS) is 34.1. The number of esters is 4. The number of aliphatic hydroxyl groups is 3. The predicted molar refractivity (Wildman–Crippen MR) is 204 cm³/mol. The van der Waals surface area contributed by atoms with Gasteiger partial charge < -0.3 is 53.8 Å². The van der Waals surface area contributed by atoms with Gasteiger partial charge >= 0.3 is 30.0 Å². The van der Waals surface area contributed by atoms with Crippen LogP contribution in [0.25, 0.3) is 0 Å². The van der Waals surface area contributed by atoms with Crippen molar-refractivity contribution < 1.29 is 72.5 Å². The van der Waals surface area contributed by atoms with E-state index in [1.54, 1.807) is 71.9 Å². The molecule has 2 bridgehead atoms. The van der Waals surface area contributed by atoms with Gasteiger partial charge in [0, 0.05) is 25.7 Å². The summed E-state index contributed by atoms with van der Waals surface area (Å²) in [5, 5.41) is 38.9. The van der Waals surface area contributed by atoms with Crippen molar-refractivity contribution in [2.45, 2.75) is 149 Å². The minimum atomic E-state index is -2.56. The Balaban J connectivity index is 1.60. The van der Waals surface area contributed by atoms with Crippen LogP contribution in [0.5, 0.6) is 0 Å². The molecule has 16 heteroatoms. The molecule has 1 aliphatic carbocycles. The van der Waals surface area contributed by atoms with Crippen LogP contribution >= 0.6 is 0 Å². The fraction of sp³-hybridized carbons (Fsp3) is 0.690. The van der Waals surface area contributed by atoms with E-state index in [9.17, 15) is 39.3 Å². The van der Waals surface area contributed by atoms with Crippen LogP contribution in [-0.2, 0) is 47.5 Å². The van der Waals surface area contributed by atoms with E-state index < -0.39 is 113 Å². The van der Waals surface area contributed by atoms with Gasteiger partial charge in [-0.15, -0.1) is 0 Å². The lowest BCUT2D eigenvalue weighted by Crippen LogP contribution is -2.87. The zero-order valence-electron chi connectivity index (χ0n) is 35.2. The third-order valence-electron chi connectivity index (χ3n) is 11.9. The molecule has 58 heavy (non-hydrogen) atoms. The molecule has 5 rings (SSSR count). The van der Waals surface area contributed by atoms with Crippen molar-refractivity contribution in [3.8, 4) is 0 Å². The molecule has 3 aliphatic heterocycles. The first kappa shape index (κ1) is 45.0. The molecule has 11 atom stereocenters. The van der Waals surface area contributed by atoms with Gasteiger partial charge in [0.15, 0.2) is 17.8 Å². The van der Waals surface area contributed by atoms with Crippen LogP contribution in [0.4, 0.5) is 4.79 Å². The van der Waals surface area contributed by atoms with Crippen LogP contribution in [-0.4, -0.2) is 118 Å². The molecule has 3 saturated heterocycles. The largest absolute Gasteiger partial charge is 0.459 e. The van der Waals surface area contributed by atoms with Crippen LogP contribution in [0, 0.1) is 22.7 Å². The molecule has 1 aromatic rings. The van der Waals surface area contributed by atoms with E-state index >= 15 is 0 Å². The standard InChI is InChI=1S/C42H59NO15/c1-21(2)17-26(43-37(50)58-38(6,7)8)30(47)36(49)52-19-22(3)29-33(54-23(4)44)42(51)40(11)27(46)18-28-41(20-53-28,56-24(5)45)32(40)31(34(57-42)39(29,9)10)55-35(48)25-15-13-12-14-16-25/h12-16,21,26-28,30-34,46-47,51H,17-20H2,1-11H3,(H,43,50)/b29-22-/t26-,27-,28+,30+,31-,32-,33+,34+,40+,41-,42+/m0/s1. The Morgan fingerprint density at radius 3 is 2.16 bits per heavy atom. The maximum atomic E-state index is 13.9. The van der Waals surface area contributed by atoms with E-state index in [1.807, 2.05) is 13.8 Å². The molecule has 0 unspecified atom stereocenters. The fourth-order valence-corrected chi connectivity index (χ4v) is 9.46. The Bertz CT molecular complexity index is 1790. The predicted octanol–water partition coefficient (Wildman–Crippen LogP) is 3.52. The number of nitrogens with one attached hydrogen (secondary N) is 1. The average Bonchev–Trinajstić information content (AvgIpc) is 3.10. The highest BCUT2D eigenvalue weighted by atomic mass is 16.7. The first-order valence-electron chi connectivity index (χ1n) is 19.7. The molecular weight excluding hydrogens is 758 g/mol. The van der Waals surface area contributed by atoms with Gasteiger partial charge in [0.1, 0.15) is 30.5 Å². The van der Waals surface area contributed by atoms with Crippen LogP contribution < -0.4 is 5.32 Å². The van der Waals surface area contributed by atoms with Crippen LogP contribution in [0.15, 0.2) is 41.5 Å². The molecule has 1 aromatic carbocycles. The number of rotatable bonds is 11. The van der Waals surface area contributed by atoms with Gasteiger partial charge in [0.05, 0.1) is 35.6 Å². The lowest BCUT2D eigenvalue weighted by Gasteiger charge is -2.72. The summed E-state index contributed by atoms with van der Waals surface area (Å²) in [6.45, 7) is 17.0. The van der Waals surface area contributed by atoms with Crippen molar-refractivity contribution in [3.05, 3.63) is 47.0 Å². The lowest BCUT2D eigenvalue weighted by molar-refractivity contribution is -0.460. The summed E-state index contributed by atoms with van der Waals surface area (Å²) in [5.41, 5.74) is -4.83. The molecule has 4 N–H and O–H groups in total. The molecule has 0 aromatic heterocycles. The zero-order chi connectivity index (χ0) is 43.3. The second kappa shape index (κ2) is 16.2. The van der Waals surface area contributed by atoms with E-state index in [1.165, 1.54) is 13.8 Å². The van der Waals surface area contributed by atoms with E-state index in [4.69, 9.17) is 33.2 Å². The average molecular weight is 818 g/mol. The van der Waals surface area contributed by atoms with Gasteiger partial charge in [0.2, 0.25) is 5.79 Å². The highest BCUT2D eigenvalue weighted by Gasteiger charge is 2.83. The Morgan fingerprint density at radius 1 is 0.983 bits per heavy atom. The van der Waals surface area contributed by atoms with Gasteiger partial charge in [-0.1, -0.05) is 52.8 Å². The van der Waals surface area contributed by atoms with Crippen molar-refractivity contribution >= 4 is 30.0 Å². The Labute approximate surface area is 338 Å². The minimum Gasteiger partial charge on any atom is -0.459 e. The molecule has 4 fully saturated rings. The summed E-state index contributed by atoms with van der Waals surface area (Å²) < 4.78 is 41.8. The summed E-state index contributed by atoms with van der Waals surface area (Å²) in [7, 11) is 0. The summed E-state index contributed by atoms with van der Waals surface area (Å²) >= 11 is 0. The molecule has 0 radical (unpaired) electrons. The Morgan fingerprint density at radius 2 is 1.62 bits per heavy atom. The molecule has 322 valence electrons. The number of amides is 1. The van der Waals surface area contributed by atoms with E-state index in [2.05, 4.69) is 5.32 Å². The third-order valence-corrected chi connectivity index (χ3v) is 11.9. The van der Waals surface area contributed by atoms with E-state index in [0.29, 0.717) is 0 Å². The molecule has 1 saturated carbocycles. The van der Waals surface area contributed by atoms with E-state index in [0.717, 1.165) is 6.92 Å². The second-order valence-corrected chi connectivity index (χ2v) is 18.2. The number of hydrogen-bond acceptors (Lipinski definition) is 15. The van der Waals surface area contributed by atoms with Crippen molar-refractivity contribution in [3.63, 3.8) is 0 Å². The summed E-state index contributed by atoms with van der Waals surface area (Å²) in [6, 6.07) is 7.10. The fourth-order valence-electron chi connectivity index (χ4n) is 9.46. The zero-order valence-corrected chi connectivity index (χ0v) is 35.2. The second-order valence-electron chi connectivity index (χ2n) is 18.2.